The molecule has 0 spiro atoms. The van der Waals surface area contributed by atoms with Crippen LogP contribution in [-0.4, -0.2) is 32.0 Å². The Labute approximate surface area is 138 Å². The summed E-state index contributed by atoms with van der Waals surface area (Å²) in [5, 5.41) is 18.8. The zero-order chi connectivity index (χ0) is 17.9. The first-order chi connectivity index (χ1) is 11.2. The number of hydrogen-bond donors (Lipinski definition) is 2. The van der Waals surface area contributed by atoms with E-state index in [1.807, 2.05) is 20.8 Å². The van der Waals surface area contributed by atoms with Gasteiger partial charge in [-0.1, -0.05) is 38.1 Å². The van der Waals surface area contributed by atoms with E-state index in [-0.39, 0.29) is 35.4 Å². The lowest BCUT2D eigenvalue weighted by atomic mass is 9.82. The molecule has 0 aliphatic heterocycles. The molecule has 1 aromatic carbocycles. The molecule has 0 radical (unpaired) electrons. The molecule has 0 fully saturated rings. The van der Waals surface area contributed by atoms with Gasteiger partial charge in [-0.25, -0.2) is 13.9 Å². The molecule has 24 heavy (non-hydrogen) atoms. The van der Waals surface area contributed by atoms with Crippen LogP contribution in [0.3, 0.4) is 0 Å². The quantitative estimate of drug-likeness (QED) is 0.872. The maximum absolute atomic E-state index is 13.1. The summed E-state index contributed by atoms with van der Waals surface area (Å²) in [4.78, 5) is 23.0. The number of aromatic nitrogens is 3. The van der Waals surface area contributed by atoms with Crippen molar-refractivity contribution in [3.63, 3.8) is 0 Å². The van der Waals surface area contributed by atoms with Crippen LogP contribution in [0.5, 0.6) is 0 Å². The number of rotatable bonds is 5. The molecule has 0 bridgehead atoms. The van der Waals surface area contributed by atoms with Gasteiger partial charge in [0.25, 0.3) is 0 Å². The number of carboxylic acid groups (broad SMARTS) is 1. The molecular formula is C16H19FN4O3. The van der Waals surface area contributed by atoms with Crippen LogP contribution in [-0.2, 0) is 11.3 Å². The fourth-order valence-corrected chi connectivity index (χ4v) is 2.28. The molecule has 1 aromatic heterocycles. The lowest BCUT2D eigenvalue weighted by Gasteiger charge is -2.32. The number of carbonyl (C=O) groups is 2. The van der Waals surface area contributed by atoms with Crippen LogP contribution in [0.25, 0.3) is 0 Å². The minimum absolute atomic E-state index is 0.159. The van der Waals surface area contributed by atoms with Crippen molar-refractivity contribution in [1.29, 1.82) is 0 Å². The molecule has 128 valence electrons. The van der Waals surface area contributed by atoms with Crippen molar-refractivity contribution in [2.45, 2.75) is 33.4 Å². The number of benzene rings is 1. The predicted octanol–water partition coefficient (Wildman–Crippen LogP) is 2.02. The Balaban J connectivity index is 2.12. The average molecular weight is 334 g/mol. The summed E-state index contributed by atoms with van der Waals surface area (Å²) < 4.78 is 14.3. The van der Waals surface area contributed by atoms with Gasteiger partial charge in [0.05, 0.1) is 12.2 Å². The molecule has 0 aliphatic carbocycles. The largest absolute Gasteiger partial charge is 0.476 e. The summed E-state index contributed by atoms with van der Waals surface area (Å²) in [5.41, 5.74) is 0.248. The second kappa shape index (κ2) is 6.77. The molecule has 0 aliphatic rings. The number of carbonyl (C=O) groups excluding carboxylic acids is 1. The SMILES string of the molecule is CC(C)(C)C(NC(=O)Cn1cc(C(=O)O)nn1)c1ccc(F)cc1. The van der Waals surface area contributed by atoms with E-state index < -0.39 is 5.97 Å². The van der Waals surface area contributed by atoms with Crippen molar-refractivity contribution < 1.29 is 19.1 Å². The highest BCUT2D eigenvalue weighted by Gasteiger charge is 2.28. The molecular weight excluding hydrogens is 315 g/mol. The Hall–Kier alpha value is -2.77. The average Bonchev–Trinajstić information content (AvgIpc) is 2.93. The van der Waals surface area contributed by atoms with Crippen LogP contribution in [0.4, 0.5) is 4.39 Å². The molecule has 2 rings (SSSR count). The van der Waals surface area contributed by atoms with Crippen molar-refractivity contribution in [2.24, 2.45) is 5.41 Å². The van der Waals surface area contributed by atoms with Gasteiger partial charge in [-0.2, -0.15) is 0 Å². The van der Waals surface area contributed by atoms with Crippen molar-refractivity contribution in [2.75, 3.05) is 0 Å². The van der Waals surface area contributed by atoms with E-state index in [0.29, 0.717) is 0 Å². The third kappa shape index (κ3) is 4.37. The van der Waals surface area contributed by atoms with E-state index in [1.165, 1.54) is 18.3 Å². The van der Waals surface area contributed by atoms with Crippen molar-refractivity contribution in [3.8, 4) is 0 Å². The Bertz CT molecular complexity index is 735. The third-order valence-electron chi connectivity index (χ3n) is 3.44. The van der Waals surface area contributed by atoms with Crippen LogP contribution >= 0.6 is 0 Å². The first-order valence-corrected chi connectivity index (χ1v) is 7.35. The number of nitrogens with one attached hydrogen (secondary N) is 1. The Morgan fingerprint density at radius 3 is 2.42 bits per heavy atom. The van der Waals surface area contributed by atoms with Gasteiger partial charge in [0.15, 0.2) is 5.69 Å². The first kappa shape index (κ1) is 17.6. The van der Waals surface area contributed by atoms with E-state index in [9.17, 15) is 14.0 Å². The van der Waals surface area contributed by atoms with Gasteiger partial charge >= 0.3 is 5.97 Å². The summed E-state index contributed by atoms with van der Waals surface area (Å²) in [7, 11) is 0. The Kier molecular flexibility index (Phi) is 4.96. The molecule has 8 heteroatoms. The number of hydrogen-bond acceptors (Lipinski definition) is 4. The molecule has 0 saturated carbocycles. The number of amides is 1. The second-order valence-corrected chi connectivity index (χ2v) is 6.52. The molecule has 2 N–H and O–H groups in total. The van der Waals surface area contributed by atoms with E-state index >= 15 is 0 Å². The third-order valence-corrected chi connectivity index (χ3v) is 3.44. The molecule has 1 unspecified atom stereocenters. The fraction of sp³-hybridized carbons (Fsp3) is 0.375. The molecule has 1 amide bonds. The molecule has 7 nitrogen and oxygen atoms in total. The summed E-state index contributed by atoms with van der Waals surface area (Å²) >= 11 is 0. The van der Waals surface area contributed by atoms with Gasteiger partial charge < -0.3 is 10.4 Å². The van der Waals surface area contributed by atoms with E-state index in [0.717, 1.165) is 10.2 Å². The Morgan fingerprint density at radius 1 is 1.29 bits per heavy atom. The van der Waals surface area contributed by atoms with E-state index in [2.05, 4.69) is 15.6 Å². The summed E-state index contributed by atoms with van der Waals surface area (Å²) in [6, 6.07) is 5.61. The van der Waals surface area contributed by atoms with Crippen LogP contribution in [0.2, 0.25) is 0 Å². The summed E-state index contributed by atoms with van der Waals surface area (Å²) in [6.45, 7) is 5.71. The van der Waals surface area contributed by atoms with Crippen LogP contribution in [0, 0.1) is 11.2 Å². The zero-order valence-corrected chi connectivity index (χ0v) is 13.7. The minimum atomic E-state index is -1.21. The molecule has 1 heterocycles. The van der Waals surface area contributed by atoms with Gasteiger partial charge in [-0.3, -0.25) is 4.79 Å². The van der Waals surface area contributed by atoms with Gasteiger partial charge in [-0.15, -0.1) is 5.10 Å². The fourth-order valence-electron chi connectivity index (χ4n) is 2.28. The maximum atomic E-state index is 13.1. The van der Waals surface area contributed by atoms with E-state index in [4.69, 9.17) is 5.11 Å². The van der Waals surface area contributed by atoms with Gasteiger partial charge in [-0.05, 0) is 23.1 Å². The summed E-state index contributed by atoms with van der Waals surface area (Å²) in [6.07, 6.45) is 1.19. The van der Waals surface area contributed by atoms with Gasteiger partial charge in [0, 0.05) is 0 Å². The van der Waals surface area contributed by atoms with Crippen LogP contribution < -0.4 is 5.32 Å². The first-order valence-electron chi connectivity index (χ1n) is 7.35. The van der Waals surface area contributed by atoms with Gasteiger partial charge in [0.2, 0.25) is 5.91 Å². The lowest BCUT2D eigenvalue weighted by molar-refractivity contribution is -0.123. The topological polar surface area (TPSA) is 97.1 Å². The zero-order valence-electron chi connectivity index (χ0n) is 13.7. The smallest absolute Gasteiger partial charge is 0.358 e. The molecule has 2 aromatic rings. The number of aromatic carboxylic acids is 1. The second-order valence-electron chi connectivity index (χ2n) is 6.52. The molecule has 0 saturated heterocycles. The highest BCUT2D eigenvalue weighted by Crippen LogP contribution is 2.32. The van der Waals surface area contributed by atoms with Crippen molar-refractivity contribution in [1.82, 2.24) is 20.3 Å². The summed E-state index contributed by atoms with van der Waals surface area (Å²) in [5.74, 6) is -1.90. The van der Waals surface area contributed by atoms with Crippen molar-refractivity contribution in [3.05, 3.63) is 47.5 Å². The standard InChI is InChI=1S/C16H19FN4O3/c1-16(2,3)14(10-4-6-11(17)7-5-10)18-13(22)9-21-8-12(15(23)24)19-20-21/h4-8,14H,9H2,1-3H3,(H,18,22)(H,23,24). The minimum Gasteiger partial charge on any atom is -0.476 e. The van der Waals surface area contributed by atoms with E-state index in [1.54, 1.807) is 12.1 Å². The Morgan fingerprint density at radius 2 is 1.92 bits per heavy atom. The lowest BCUT2D eigenvalue weighted by Crippen LogP contribution is -2.38. The van der Waals surface area contributed by atoms with Crippen molar-refractivity contribution >= 4 is 11.9 Å². The predicted molar refractivity (Wildman–Crippen MR) is 83.7 cm³/mol. The monoisotopic (exact) mass is 334 g/mol. The molecule has 1 atom stereocenters. The number of nitrogens with zero attached hydrogens (tertiary/aromatic N) is 3. The highest BCUT2D eigenvalue weighted by atomic mass is 19.1. The number of halogens is 1. The number of carboxylic acids is 1. The maximum Gasteiger partial charge on any atom is 0.358 e. The normalized spacial score (nSPS) is 12.7. The van der Waals surface area contributed by atoms with Crippen LogP contribution in [0.1, 0.15) is 42.9 Å². The van der Waals surface area contributed by atoms with Gasteiger partial charge in [0.1, 0.15) is 12.4 Å². The van der Waals surface area contributed by atoms with Crippen LogP contribution in [0.15, 0.2) is 30.5 Å². The highest BCUT2D eigenvalue weighted by molar-refractivity contribution is 5.84.